The van der Waals surface area contributed by atoms with Gasteiger partial charge in [0.2, 0.25) is 0 Å². The molecular weight excluding hydrogens is 674 g/mol. The Bertz CT molecular complexity index is 2130. The smallest absolute Gasteiger partial charge is 0.330 e. The Kier molecular flexibility index (Phi) is 10.1. The van der Waals surface area contributed by atoms with Crippen molar-refractivity contribution in [2.45, 2.75) is 44.1 Å². The maximum Gasteiger partial charge on any atom is 0.330 e. The predicted octanol–water partition coefficient (Wildman–Crippen LogP) is 5.85. The van der Waals surface area contributed by atoms with Gasteiger partial charge in [-0.05, 0) is 85.2 Å². The summed E-state index contributed by atoms with van der Waals surface area (Å²) >= 11 is 0. The molecule has 4 aromatic carbocycles. The van der Waals surface area contributed by atoms with E-state index in [4.69, 9.17) is 18.9 Å². The van der Waals surface area contributed by atoms with Crippen molar-refractivity contribution in [3.05, 3.63) is 164 Å². The Morgan fingerprint density at radius 2 is 1.30 bits per heavy atom. The van der Waals surface area contributed by atoms with Crippen LogP contribution in [0.5, 0.6) is 11.5 Å². The second-order valence-electron chi connectivity index (χ2n) is 13.4. The molecule has 272 valence electrons. The number of amides is 2. The number of aromatic nitrogens is 2. The Morgan fingerprint density at radius 3 is 1.87 bits per heavy atom. The van der Waals surface area contributed by atoms with Gasteiger partial charge in [0.15, 0.2) is 0 Å². The number of benzene rings is 4. The molecule has 3 heterocycles. The van der Waals surface area contributed by atoms with Gasteiger partial charge in [-0.15, -0.1) is 0 Å². The zero-order chi connectivity index (χ0) is 37.1. The van der Waals surface area contributed by atoms with Crippen LogP contribution in [0.25, 0.3) is 0 Å². The van der Waals surface area contributed by atoms with E-state index in [9.17, 15) is 19.2 Å². The second kappa shape index (κ2) is 15.1. The molecule has 11 nitrogen and oxygen atoms in total. The maximum absolute atomic E-state index is 13.1. The summed E-state index contributed by atoms with van der Waals surface area (Å²) in [5, 5.41) is 0. The van der Waals surface area contributed by atoms with Crippen molar-refractivity contribution in [3.63, 3.8) is 0 Å². The summed E-state index contributed by atoms with van der Waals surface area (Å²) < 4.78 is 26.3. The van der Waals surface area contributed by atoms with E-state index in [1.54, 1.807) is 45.4 Å². The van der Waals surface area contributed by atoms with Crippen LogP contribution in [0.1, 0.15) is 68.5 Å². The van der Waals surface area contributed by atoms with Crippen LogP contribution in [0.2, 0.25) is 0 Å². The number of hydrogen-bond donors (Lipinski definition) is 1. The average molecular weight is 716 g/mol. The topological polar surface area (TPSA) is 129 Å². The highest BCUT2D eigenvalue weighted by Gasteiger charge is 2.43. The van der Waals surface area contributed by atoms with E-state index in [1.807, 2.05) is 78.9 Å². The second-order valence-corrected chi connectivity index (χ2v) is 13.4. The van der Waals surface area contributed by atoms with Crippen LogP contribution in [-0.4, -0.2) is 59.7 Å². The number of rotatable bonds is 13. The molecule has 0 unspecified atom stereocenters. The zero-order valence-corrected chi connectivity index (χ0v) is 29.8. The van der Waals surface area contributed by atoms with Gasteiger partial charge in [-0.3, -0.25) is 28.8 Å². The largest absolute Gasteiger partial charge is 0.497 e. The van der Waals surface area contributed by atoms with Crippen LogP contribution in [0, 0.1) is 12.8 Å². The molecule has 5 aromatic rings. The molecule has 7 rings (SSSR count). The molecule has 1 N–H and O–H groups in total. The number of hydrogen-bond acceptors (Lipinski definition) is 8. The van der Waals surface area contributed by atoms with Crippen molar-refractivity contribution < 1.29 is 28.5 Å². The highest BCUT2D eigenvalue weighted by Crippen LogP contribution is 2.44. The molecule has 0 spiro atoms. The quantitative estimate of drug-likeness (QED) is 0.119. The van der Waals surface area contributed by atoms with E-state index in [0.29, 0.717) is 47.5 Å². The molecule has 2 aliphatic heterocycles. The van der Waals surface area contributed by atoms with E-state index in [0.717, 1.165) is 16.7 Å². The third-order valence-electron chi connectivity index (χ3n) is 10.3. The number of aryl methyl sites for hydroxylation is 1. The molecule has 0 radical (unpaired) electrons. The molecule has 11 heteroatoms. The van der Waals surface area contributed by atoms with Gasteiger partial charge in [0.05, 0.1) is 38.1 Å². The van der Waals surface area contributed by atoms with Crippen LogP contribution in [0.15, 0.2) is 119 Å². The lowest BCUT2D eigenvalue weighted by Crippen LogP contribution is -2.37. The van der Waals surface area contributed by atoms with Gasteiger partial charge in [0, 0.05) is 18.3 Å². The number of methoxy groups -OCH3 is 2. The van der Waals surface area contributed by atoms with Crippen LogP contribution in [-0.2, 0) is 15.1 Å². The highest BCUT2D eigenvalue weighted by atomic mass is 16.6. The number of ether oxygens (including phenoxy) is 4. The lowest BCUT2D eigenvalue weighted by molar-refractivity contribution is -0.0854. The summed E-state index contributed by atoms with van der Waals surface area (Å²) in [7, 11) is 3.24. The number of carbonyl (C=O) groups excluding carboxylic acids is 2. The first-order valence-electron chi connectivity index (χ1n) is 17.6. The molecule has 2 aliphatic rings. The van der Waals surface area contributed by atoms with Crippen LogP contribution < -0.4 is 20.7 Å². The summed E-state index contributed by atoms with van der Waals surface area (Å²) in [6.45, 7) is 2.00. The minimum Gasteiger partial charge on any atom is -0.497 e. The van der Waals surface area contributed by atoms with Crippen molar-refractivity contribution in [3.8, 4) is 11.5 Å². The molecule has 2 amide bonds. The SMILES string of the molecule is COc1ccc(C(OC[C@H]2O[C@@H](n3cc(C)c(=O)[nH]c3=O)C[C@H]2CCCN2C(=O)c3ccccc3C2=O)(c2ccccc2)c2ccc(OC)cc2)cc1. The fraction of sp³-hybridized carbons (Fsp3) is 0.286. The first kappa shape index (κ1) is 35.6. The van der Waals surface area contributed by atoms with E-state index in [2.05, 4.69) is 4.98 Å². The number of nitrogens with one attached hydrogen (secondary N) is 1. The van der Waals surface area contributed by atoms with Gasteiger partial charge in [-0.1, -0.05) is 66.7 Å². The third-order valence-corrected chi connectivity index (χ3v) is 10.3. The first-order valence-corrected chi connectivity index (χ1v) is 17.6. The number of carbonyl (C=O) groups is 2. The first-order chi connectivity index (χ1) is 25.7. The van der Waals surface area contributed by atoms with E-state index in [1.165, 1.54) is 15.7 Å². The van der Waals surface area contributed by atoms with E-state index >= 15 is 0 Å². The van der Waals surface area contributed by atoms with Crippen LogP contribution in [0.4, 0.5) is 0 Å². The van der Waals surface area contributed by atoms with Crippen molar-refractivity contribution >= 4 is 11.8 Å². The summed E-state index contributed by atoms with van der Waals surface area (Å²) in [6.07, 6.45) is 1.89. The fourth-order valence-electron chi connectivity index (χ4n) is 7.47. The van der Waals surface area contributed by atoms with Gasteiger partial charge >= 0.3 is 5.69 Å². The standard InChI is InChI=1S/C42H41N3O8/c1-27-25-45(41(49)43-38(27)46)37-24-28(10-9-23-44-39(47)34-13-7-8-14-35(34)40(44)48)36(53-37)26-52-42(29-11-5-4-6-12-29,30-15-19-32(50-2)20-16-30)31-17-21-33(51-3)22-18-31/h4-8,11-22,25,28,36-37H,9-10,23-24,26H2,1-3H3,(H,43,46,49)/t28-,36-,37-/m1/s1. The number of fused-ring (bicyclic) bond motifs is 1. The Hall–Kier alpha value is -5.78. The molecule has 1 aromatic heterocycles. The van der Waals surface area contributed by atoms with Gasteiger partial charge in [0.25, 0.3) is 17.4 Å². The third kappa shape index (κ3) is 6.81. The molecule has 3 atom stereocenters. The minimum absolute atomic E-state index is 0.123. The molecule has 1 saturated heterocycles. The molecule has 0 aliphatic carbocycles. The molecule has 0 saturated carbocycles. The number of nitrogens with zero attached hydrogens (tertiary/aromatic N) is 2. The van der Waals surface area contributed by atoms with Crippen LogP contribution in [0.3, 0.4) is 0 Å². The summed E-state index contributed by atoms with van der Waals surface area (Å²) in [5.74, 6) is 0.676. The Balaban J connectivity index is 1.22. The zero-order valence-electron chi connectivity index (χ0n) is 29.8. The Labute approximate surface area is 306 Å². The minimum atomic E-state index is -1.10. The fourth-order valence-corrected chi connectivity index (χ4v) is 7.47. The van der Waals surface area contributed by atoms with E-state index < -0.39 is 29.2 Å². The number of aromatic amines is 1. The molecular formula is C42H41N3O8. The lowest BCUT2D eigenvalue weighted by atomic mass is 9.80. The molecule has 0 bridgehead atoms. The molecule has 53 heavy (non-hydrogen) atoms. The lowest BCUT2D eigenvalue weighted by Gasteiger charge is -2.37. The average Bonchev–Trinajstić information content (AvgIpc) is 3.71. The highest BCUT2D eigenvalue weighted by molar-refractivity contribution is 6.21. The normalized spacial score (nSPS) is 18.3. The van der Waals surface area contributed by atoms with Crippen molar-refractivity contribution in [1.29, 1.82) is 0 Å². The van der Waals surface area contributed by atoms with Crippen molar-refractivity contribution in [1.82, 2.24) is 14.5 Å². The van der Waals surface area contributed by atoms with Gasteiger partial charge in [-0.25, -0.2) is 4.79 Å². The Morgan fingerprint density at radius 1 is 0.755 bits per heavy atom. The maximum atomic E-state index is 13.1. The summed E-state index contributed by atoms with van der Waals surface area (Å²) in [6, 6.07) is 32.3. The predicted molar refractivity (Wildman–Crippen MR) is 197 cm³/mol. The van der Waals surface area contributed by atoms with Gasteiger partial charge in [-0.2, -0.15) is 0 Å². The monoisotopic (exact) mass is 715 g/mol. The van der Waals surface area contributed by atoms with Gasteiger partial charge < -0.3 is 18.9 Å². The summed E-state index contributed by atoms with van der Waals surface area (Å²) in [4.78, 5) is 55.2. The molecule has 1 fully saturated rings. The number of H-pyrrole nitrogens is 1. The van der Waals surface area contributed by atoms with Crippen molar-refractivity contribution in [2.75, 3.05) is 27.4 Å². The van der Waals surface area contributed by atoms with E-state index in [-0.39, 0.29) is 30.9 Å². The number of imide groups is 1. The summed E-state index contributed by atoms with van der Waals surface area (Å²) in [5.41, 5.74) is 1.71. The van der Waals surface area contributed by atoms with Gasteiger partial charge in [0.1, 0.15) is 23.3 Å². The van der Waals surface area contributed by atoms with Crippen LogP contribution >= 0.6 is 0 Å². The van der Waals surface area contributed by atoms with Crippen molar-refractivity contribution in [2.24, 2.45) is 5.92 Å².